The second-order valence-corrected chi connectivity index (χ2v) is 6.00. The van der Waals surface area contributed by atoms with E-state index in [2.05, 4.69) is 25.7 Å². The molecular weight excluding hydrogens is 184 g/mol. The van der Waals surface area contributed by atoms with Crippen LogP contribution in [-0.2, 0) is 0 Å². The molecule has 0 aromatic heterocycles. The van der Waals surface area contributed by atoms with Gasteiger partial charge in [-0.05, 0) is 44.4 Å². The van der Waals surface area contributed by atoms with E-state index in [9.17, 15) is 0 Å². The van der Waals surface area contributed by atoms with Gasteiger partial charge >= 0.3 is 0 Å². The van der Waals surface area contributed by atoms with Crippen LogP contribution in [0.5, 0.6) is 0 Å². The lowest BCUT2D eigenvalue weighted by atomic mass is 9.72. The van der Waals surface area contributed by atoms with Crippen LogP contribution in [0.1, 0.15) is 46.5 Å². The SMILES string of the molecule is CC(C)C1CC(N2CCC(N)CC2C)C1. The molecule has 1 aliphatic heterocycles. The zero-order chi connectivity index (χ0) is 11.0. The van der Waals surface area contributed by atoms with Crippen LogP contribution < -0.4 is 5.73 Å². The summed E-state index contributed by atoms with van der Waals surface area (Å²) < 4.78 is 0. The smallest absolute Gasteiger partial charge is 0.0104 e. The second-order valence-electron chi connectivity index (χ2n) is 6.00. The van der Waals surface area contributed by atoms with Crippen molar-refractivity contribution in [1.82, 2.24) is 4.90 Å². The minimum atomic E-state index is 0.456. The topological polar surface area (TPSA) is 29.3 Å². The van der Waals surface area contributed by atoms with E-state index in [1.165, 1.54) is 32.2 Å². The first-order chi connectivity index (χ1) is 7.08. The van der Waals surface area contributed by atoms with E-state index in [0.717, 1.165) is 17.9 Å². The molecule has 0 spiro atoms. The Morgan fingerprint density at radius 1 is 1.20 bits per heavy atom. The molecule has 1 aliphatic carbocycles. The lowest BCUT2D eigenvalue weighted by molar-refractivity contribution is 0.00842. The van der Waals surface area contributed by atoms with Crippen molar-refractivity contribution in [2.24, 2.45) is 17.6 Å². The summed E-state index contributed by atoms with van der Waals surface area (Å²) in [7, 11) is 0. The minimum absolute atomic E-state index is 0.456. The molecular formula is C13H26N2. The molecule has 15 heavy (non-hydrogen) atoms. The van der Waals surface area contributed by atoms with Crippen LogP contribution in [0.25, 0.3) is 0 Å². The van der Waals surface area contributed by atoms with Crippen molar-refractivity contribution >= 4 is 0 Å². The van der Waals surface area contributed by atoms with Crippen LogP contribution in [-0.4, -0.2) is 29.6 Å². The van der Waals surface area contributed by atoms with Crippen molar-refractivity contribution in [3.05, 3.63) is 0 Å². The van der Waals surface area contributed by atoms with E-state index in [0.29, 0.717) is 12.1 Å². The quantitative estimate of drug-likeness (QED) is 0.757. The van der Waals surface area contributed by atoms with Crippen molar-refractivity contribution in [2.45, 2.75) is 64.6 Å². The largest absolute Gasteiger partial charge is 0.328 e. The maximum absolute atomic E-state index is 6.00. The lowest BCUT2D eigenvalue weighted by Crippen LogP contribution is -2.54. The van der Waals surface area contributed by atoms with E-state index in [1.807, 2.05) is 0 Å². The Bertz CT molecular complexity index is 209. The van der Waals surface area contributed by atoms with Crippen LogP contribution in [0.3, 0.4) is 0 Å². The van der Waals surface area contributed by atoms with Crippen LogP contribution in [0.15, 0.2) is 0 Å². The lowest BCUT2D eigenvalue weighted by Gasteiger charge is -2.49. The standard InChI is InChI=1S/C13H26N2/c1-9(2)11-7-13(8-11)15-5-4-12(14)6-10(15)3/h9-13H,4-8,14H2,1-3H3. The number of hydrogen-bond donors (Lipinski definition) is 1. The summed E-state index contributed by atoms with van der Waals surface area (Å²) in [4.78, 5) is 2.71. The number of hydrogen-bond acceptors (Lipinski definition) is 2. The Hall–Kier alpha value is -0.0800. The minimum Gasteiger partial charge on any atom is -0.328 e. The summed E-state index contributed by atoms with van der Waals surface area (Å²) >= 11 is 0. The third kappa shape index (κ3) is 2.36. The number of rotatable bonds is 2. The Morgan fingerprint density at radius 3 is 2.40 bits per heavy atom. The van der Waals surface area contributed by atoms with E-state index >= 15 is 0 Å². The highest BCUT2D eigenvalue weighted by Gasteiger charge is 2.38. The number of piperidine rings is 1. The maximum Gasteiger partial charge on any atom is 0.0104 e. The molecule has 2 atom stereocenters. The summed E-state index contributed by atoms with van der Waals surface area (Å²) in [5, 5.41) is 0. The normalized spacial score (nSPS) is 43.0. The molecule has 1 heterocycles. The first-order valence-electron chi connectivity index (χ1n) is 6.59. The van der Waals surface area contributed by atoms with Crippen molar-refractivity contribution in [1.29, 1.82) is 0 Å². The van der Waals surface area contributed by atoms with Crippen LogP contribution in [0.2, 0.25) is 0 Å². The molecule has 2 rings (SSSR count). The summed E-state index contributed by atoms with van der Waals surface area (Å²) in [6.07, 6.45) is 5.25. The monoisotopic (exact) mass is 210 g/mol. The zero-order valence-corrected chi connectivity index (χ0v) is 10.4. The Morgan fingerprint density at radius 2 is 1.87 bits per heavy atom. The average Bonchev–Trinajstić information content (AvgIpc) is 2.05. The Balaban J connectivity index is 1.81. The fourth-order valence-corrected chi connectivity index (χ4v) is 3.21. The van der Waals surface area contributed by atoms with Gasteiger partial charge in [-0.15, -0.1) is 0 Å². The fraction of sp³-hybridized carbons (Fsp3) is 1.00. The van der Waals surface area contributed by atoms with Gasteiger partial charge in [0.25, 0.3) is 0 Å². The van der Waals surface area contributed by atoms with Crippen LogP contribution in [0, 0.1) is 11.8 Å². The average molecular weight is 210 g/mol. The van der Waals surface area contributed by atoms with E-state index in [-0.39, 0.29) is 0 Å². The van der Waals surface area contributed by atoms with E-state index in [1.54, 1.807) is 0 Å². The Labute approximate surface area is 94.2 Å². The van der Waals surface area contributed by atoms with Gasteiger partial charge < -0.3 is 5.73 Å². The second kappa shape index (κ2) is 4.42. The van der Waals surface area contributed by atoms with Crippen molar-refractivity contribution in [3.8, 4) is 0 Å². The first-order valence-corrected chi connectivity index (χ1v) is 6.59. The number of likely N-dealkylation sites (tertiary alicyclic amines) is 1. The van der Waals surface area contributed by atoms with Gasteiger partial charge in [-0.3, -0.25) is 4.90 Å². The van der Waals surface area contributed by atoms with Gasteiger partial charge in [-0.25, -0.2) is 0 Å². The van der Waals surface area contributed by atoms with Gasteiger partial charge in [-0.2, -0.15) is 0 Å². The van der Waals surface area contributed by atoms with Crippen molar-refractivity contribution < 1.29 is 0 Å². The van der Waals surface area contributed by atoms with Gasteiger partial charge in [0.2, 0.25) is 0 Å². The first kappa shape index (κ1) is 11.4. The third-order valence-electron chi connectivity index (χ3n) is 4.53. The molecule has 88 valence electrons. The fourth-order valence-electron chi connectivity index (χ4n) is 3.21. The number of nitrogens with zero attached hydrogens (tertiary/aromatic N) is 1. The van der Waals surface area contributed by atoms with Gasteiger partial charge in [-0.1, -0.05) is 13.8 Å². The predicted octanol–water partition coefficient (Wildman–Crippen LogP) is 2.23. The molecule has 2 N–H and O–H groups in total. The highest BCUT2D eigenvalue weighted by molar-refractivity contribution is 4.93. The molecule has 0 radical (unpaired) electrons. The van der Waals surface area contributed by atoms with Gasteiger partial charge in [0.05, 0.1) is 0 Å². The molecule has 0 aromatic carbocycles. The summed E-state index contributed by atoms with van der Waals surface area (Å²) in [6.45, 7) is 8.30. The van der Waals surface area contributed by atoms with Gasteiger partial charge in [0, 0.05) is 24.7 Å². The van der Waals surface area contributed by atoms with E-state index in [4.69, 9.17) is 5.73 Å². The van der Waals surface area contributed by atoms with Crippen molar-refractivity contribution in [3.63, 3.8) is 0 Å². The van der Waals surface area contributed by atoms with Crippen LogP contribution in [0.4, 0.5) is 0 Å². The zero-order valence-electron chi connectivity index (χ0n) is 10.4. The summed E-state index contributed by atoms with van der Waals surface area (Å²) in [5.74, 6) is 1.86. The third-order valence-corrected chi connectivity index (χ3v) is 4.53. The maximum atomic E-state index is 6.00. The highest BCUT2D eigenvalue weighted by Crippen LogP contribution is 2.39. The summed E-state index contributed by atoms with van der Waals surface area (Å²) in [6, 6.07) is 2.05. The molecule has 2 fully saturated rings. The Kier molecular flexibility index (Phi) is 3.36. The van der Waals surface area contributed by atoms with Crippen molar-refractivity contribution in [2.75, 3.05) is 6.54 Å². The highest BCUT2D eigenvalue weighted by atomic mass is 15.2. The molecule has 0 bridgehead atoms. The molecule has 2 heteroatoms. The van der Waals surface area contributed by atoms with Gasteiger partial charge in [0.15, 0.2) is 0 Å². The van der Waals surface area contributed by atoms with E-state index < -0.39 is 0 Å². The predicted molar refractivity (Wildman–Crippen MR) is 64.7 cm³/mol. The molecule has 2 nitrogen and oxygen atoms in total. The van der Waals surface area contributed by atoms with Gasteiger partial charge in [0.1, 0.15) is 0 Å². The molecule has 1 saturated carbocycles. The summed E-state index contributed by atoms with van der Waals surface area (Å²) in [5.41, 5.74) is 6.00. The van der Waals surface area contributed by atoms with Crippen LogP contribution >= 0.6 is 0 Å². The number of nitrogens with two attached hydrogens (primary N) is 1. The molecule has 2 unspecified atom stereocenters. The molecule has 2 aliphatic rings. The molecule has 0 amide bonds. The molecule has 0 aromatic rings. The molecule has 1 saturated heterocycles.